The van der Waals surface area contributed by atoms with Crippen LogP contribution >= 0.6 is 0 Å². The summed E-state index contributed by atoms with van der Waals surface area (Å²) in [5, 5.41) is 18.7. The van der Waals surface area contributed by atoms with Crippen molar-refractivity contribution in [1.29, 1.82) is 0 Å². The third kappa shape index (κ3) is 3.22. The van der Waals surface area contributed by atoms with Crippen molar-refractivity contribution in [3.63, 3.8) is 0 Å². The molecule has 0 aliphatic carbocycles. The molecule has 30 heavy (non-hydrogen) atoms. The van der Waals surface area contributed by atoms with Gasteiger partial charge in [-0.05, 0) is 40.6 Å². The predicted octanol–water partition coefficient (Wildman–Crippen LogP) is 5.89. The van der Waals surface area contributed by atoms with E-state index in [2.05, 4.69) is 36.4 Å². The fourth-order valence-corrected chi connectivity index (χ4v) is 4.08. The first-order chi connectivity index (χ1) is 14.7. The van der Waals surface area contributed by atoms with Crippen LogP contribution in [0.1, 0.15) is 33.9 Å². The molecule has 1 N–H and O–H groups in total. The standard InChI is InChI=1S/C26H20N2O2/c29-26(30)20-15-13-19(14-16-20)25-17-24(27-28(25)21-9-2-1-3-10-21)23-12-6-8-18-7-4-5-11-22(18)23/h1-16,25H,17H2,(H,29,30). The largest absolute Gasteiger partial charge is 0.478 e. The fourth-order valence-electron chi connectivity index (χ4n) is 4.08. The van der Waals surface area contributed by atoms with Crippen LogP contribution in [0.3, 0.4) is 0 Å². The summed E-state index contributed by atoms with van der Waals surface area (Å²) in [6.07, 6.45) is 0.745. The molecule has 0 fully saturated rings. The first kappa shape index (κ1) is 18.1. The van der Waals surface area contributed by atoms with Gasteiger partial charge in [-0.25, -0.2) is 4.79 Å². The number of para-hydroxylation sites is 1. The van der Waals surface area contributed by atoms with Crippen molar-refractivity contribution in [2.24, 2.45) is 5.10 Å². The average molecular weight is 392 g/mol. The number of carbonyl (C=O) groups is 1. The van der Waals surface area contributed by atoms with Crippen LogP contribution in [0.4, 0.5) is 5.69 Å². The minimum absolute atomic E-state index is 0.00390. The second kappa shape index (κ2) is 7.48. The van der Waals surface area contributed by atoms with Crippen molar-refractivity contribution in [2.45, 2.75) is 12.5 Å². The van der Waals surface area contributed by atoms with Gasteiger partial charge in [0.2, 0.25) is 0 Å². The van der Waals surface area contributed by atoms with Crippen molar-refractivity contribution >= 4 is 28.1 Å². The van der Waals surface area contributed by atoms with Gasteiger partial charge < -0.3 is 5.11 Å². The summed E-state index contributed by atoms with van der Waals surface area (Å²) < 4.78 is 0. The lowest BCUT2D eigenvalue weighted by molar-refractivity contribution is 0.0697. The quantitative estimate of drug-likeness (QED) is 0.471. The van der Waals surface area contributed by atoms with E-state index in [9.17, 15) is 9.90 Å². The number of fused-ring (bicyclic) bond motifs is 1. The second-order valence-electron chi connectivity index (χ2n) is 7.40. The molecule has 4 aromatic carbocycles. The van der Waals surface area contributed by atoms with E-state index >= 15 is 0 Å². The van der Waals surface area contributed by atoms with Gasteiger partial charge >= 0.3 is 5.97 Å². The molecule has 0 radical (unpaired) electrons. The number of nitrogens with zero attached hydrogens (tertiary/aromatic N) is 2. The summed E-state index contributed by atoms with van der Waals surface area (Å²) in [7, 11) is 0. The second-order valence-corrected chi connectivity index (χ2v) is 7.40. The Morgan fingerprint density at radius 3 is 2.30 bits per heavy atom. The highest BCUT2D eigenvalue weighted by molar-refractivity contribution is 6.12. The molecule has 1 aliphatic rings. The number of aromatic carboxylic acids is 1. The molecule has 1 aliphatic heterocycles. The van der Waals surface area contributed by atoms with Gasteiger partial charge in [-0.1, -0.05) is 72.8 Å². The molecule has 0 amide bonds. The lowest BCUT2D eigenvalue weighted by Crippen LogP contribution is -2.18. The van der Waals surface area contributed by atoms with Crippen molar-refractivity contribution in [1.82, 2.24) is 0 Å². The van der Waals surface area contributed by atoms with E-state index in [1.165, 1.54) is 10.8 Å². The Labute approximate surface area is 174 Å². The van der Waals surface area contributed by atoms with Gasteiger partial charge in [0, 0.05) is 12.0 Å². The number of carboxylic acids is 1. The highest BCUT2D eigenvalue weighted by Gasteiger charge is 2.30. The van der Waals surface area contributed by atoms with Crippen molar-refractivity contribution < 1.29 is 9.90 Å². The zero-order valence-electron chi connectivity index (χ0n) is 16.3. The number of anilines is 1. The number of hydrogen-bond acceptors (Lipinski definition) is 3. The molecule has 146 valence electrons. The topological polar surface area (TPSA) is 52.9 Å². The Hall–Kier alpha value is -3.92. The molecule has 4 nitrogen and oxygen atoms in total. The van der Waals surface area contributed by atoms with Crippen LogP contribution in [0.2, 0.25) is 0 Å². The van der Waals surface area contributed by atoms with Crippen LogP contribution in [0.25, 0.3) is 10.8 Å². The SMILES string of the molecule is O=C(O)c1ccc(C2CC(c3cccc4ccccc34)=NN2c2ccccc2)cc1. The fraction of sp³-hybridized carbons (Fsp3) is 0.0769. The van der Waals surface area contributed by atoms with Crippen LogP contribution in [0, 0.1) is 0 Å². The number of carboxylic acid groups (broad SMARTS) is 1. The van der Waals surface area contributed by atoms with Gasteiger partial charge in [0.15, 0.2) is 0 Å². The van der Waals surface area contributed by atoms with Gasteiger partial charge in [0.1, 0.15) is 0 Å². The van der Waals surface area contributed by atoms with Gasteiger partial charge in [-0.15, -0.1) is 0 Å². The zero-order valence-corrected chi connectivity index (χ0v) is 16.3. The molecule has 4 heteroatoms. The van der Waals surface area contributed by atoms with Crippen molar-refractivity contribution in [3.05, 3.63) is 114 Å². The third-order valence-electron chi connectivity index (χ3n) is 5.57. The van der Waals surface area contributed by atoms with Crippen LogP contribution in [0.5, 0.6) is 0 Å². The molecule has 1 unspecified atom stereocenters. The smallest absolute Gasteiger partial charge is 0.335 e. The first-order valence-corrected chi connectivity index (χ1v) is 9.94. The number of benzene rings is 4. The molecular weight excluding hydrogens is 372 g/mol. The minimum atomic E-state index is -0.916. The van der Waals surface area contributed by atoms with E-state index in [1.807, 2.05) is 53.5 Å². The molecular formula is C26H20N2O2. The molecule has 0 bridgehead atoms. The molecule has 0 saturated heterocycles. The number of hydrazone groups is 1. The van der Waals surface area contributed by atoms with Gasteiger partial charge in [0.25, 0.3) is 0 Å². The maximum Gasteiger partial charge on any atom is 0.335 e. The summed E-state index contributed by atoms with van der Waals surface area (Å²) in [5.74, 6) is -0.916. The normalized spacial score (nSPS) is 15.9. The van der Waals surface area contributed by atoms with Gasteiger partial charge in [-0.2, -0.15) is 5.10 Å². The maximum atomic E-state index is 11.2. The van der Waals surface area contributed by atoms with Crippen LogP contribution in [0.15, 0.2) is 102 Å². The molecule has 5 rings (SSSR count). The summed E-state index contributed by atoms with van der Waals surface area (Å²) in [5.41, 5.74) is 4.52. The number of hydrogen-bond donors (Lipinski definition) is 1. The van der Waals surface area contributed by atoms with E-state index in [0.29, 0.717) is 5.56 Å². The Morgan fingerprint density at radius 1 is 0.833 bits per heavy atom. The average Bonchev–Trinajstić information content (AvgIpc) is 3.24. The monoisotopic (exact) mass is 392 g/mol. The highest BCUT2D eigenvalue weighted by Crippen LogP contribution is 2.37. The molecule has 1 atom stereocenters. The third-order valence-corrected chi connectivity index (χ3v) is 5.57. The Morgan fingerprint density at radius 2 is 1.53 bits per heavy atom. The minimum Gasteiger partial charge on any atom is -0.478 e. The maximum absolute atomic E-state index is 11.2. The summed E-state index contributed by atoms with van der Waals surface area (Å²) in [6, 6.07) is 31.9. The van der Waals surface area contributed by atoms with Crippen LogP contribution < -0.4 is 5.01 Å². The molecule has 0 spiro atoms. The molecule has 4 aromatic rings. The van der Waals surface area contributed by atoms with Crippen molar-refractivity contribution in [3.8, 4) is 0 Å². The summed E-state index contributed by atoms with van der Waals surface area (Å²) in [6.45, 7) is 0. The zero-order chi connectivity index (χ0) is 20.5. The molecule has 0 aromatic heterocycles. The Kier molecular flexibility index (Phi) is 4.52. The predicted molar refractivity (Wildman–Crippen MR) is 120 cm³/mol. The summed E-state index contributed by atoms with van der Waals surface area (Å²) in [4.78, 5) is 11.2. The highest BCUT2D eigenvalue weighted by atomic mass is 16.4. The van der Waals surface area contributed by atoms with E-state index in [0.717, 1.165) is 28.9 Å². The van der Waals surface area contributed by atoms with E-state index in [-0.39, 0.29) is 6.04 Å². The Bertz CT molecular complexity index is 1240. The van der Waals surface area contributed by atoms with Crippen LogP contribution in [-0.4, -0.2) is 16.8 Å². The number of rotatable bonds is 4. The lowest BCUT2D eigenvalue weighted by atomic mass is 9.94. The Balaban J connectivity index is 1.59. The van der Waals surface area contributed by atoms with Crippen LogP contribution in [-0.2, 0) is 0 Å². The van der Waals surface area contributed by atoms with Gasteiger partial charge in [0.05, 0.1) is 23.0 Å². The first-order valence-electron chi connectivity index (χ1n) is 9.94. The molecule has 0 saturated carbocycles. The summed E-state index contributed by atoms with van der Waals surface area (Å²) >= 11 is 0. The van der Waals surface area contributed by atoms with E-state index in [4.69, 9.17) is 5.10 Å². The van der Waals surface area contributed by atoms with Crippen molar-refractivity contribution in [2.75, 3.05) is 5.01 Å². The lowest BCUT2D eigenvalue weighted by Gasteiger charge is -2.24. The van der Waals surface area contributed by atoms with E-state index in [1.54, 1.807) is 12.1 Å². The molecule has 1 heterocycles. The van der Waals surface area contributed by atoms with E-state index < -0.39 is 5.97 Å². The van der Waals surface area contributed by atoms with Gasteiger partial charge in [-0.3, -0.25) is 5.01 Å².